The quantitative estimate of drug-likeness (QED) is 0.306. The number of carbonyl (C=O) groups excluding carboxylic acids is 1. The lowest BCUT2D eigenvalue weighted by molar-refractivity contribution is -0.384. The molecule has 0 aliphatic carbocycles. The summed E-state index contributed by atoms with van der Waals surface area (Å²) in [6.45, 7) is 0.223. The van der Waals surface area contributed by atoms with Crippen LogP contribution in [0.5, 0.6) is 5.75 Å². The van der Waals surface area contributed by atoms with Crippen molar-refractivity contribution in [1.29, 1.82) is 0 Å². The van der Waals surface area contributed by atoms with Crippen molar-refractivity contribution in [2.75, 3.05) is 0 Å². The molecule has 0 saturated heterocycles. The van der Waals surface area contributed by atoms with E-state index in [4.69, 9.17) is 27.9 Å². The molecule has 0 atom stereocenters. The van der Waals surface area contributed by atoms with Crippen LogP contribution in [0.15, 0.2) is 71.8 Å². The van der Waals surface area contributed by atoms with Gasteiger partial charge in [0.15, 0.2) is 0 Å². The summed E-state index contributed by atoms with van der Waals surface area (Å²) in [6.07, 6.45) is 1.42. The predicted molar refractivity (Wildman–Crippen MR) is 115 cm³/mol. The molecular formula is C21H15Cl2N3O4. The lowest BCUT2D eigenvalue weighted by atomic mass is 10.2. The minimum absolute atomic E-state index is 0.128. The number of ether oxygens (including phenoxy) is 1. The highest BCUT2D eigenvalue weighted by Gasteiger charge is 2.11. The molecule has 0 saturated carbocycles. The number of rotatable bonds is 7. The topological polar surface area (TPSA) is 93.8 Å². The summed E-state index contributed by atoms with van der Waals surface area (Å²) in [6, 6.07) is 17.6. The van der Waals surface area contributed by atoms with Crippen LogP contribution in [-0.4, -0.2) is 17.0 Å². The Morgan fingerprint density at radius 1 is 1.10 bits per heavy atom. The Balaban J connectivity index is 1.67. The first-order valence-electron chi connectivity index (χ1n) is 8.67. The minimum atomic E-state index is -0.569. The van der Waals surface area contributed by atoms with Gasteiger partial charge >= 0.3 is 0 Å². The van der Waals surface area contributed by atoms with Crippen LogP contribution in [0.2, 0.25) is 10.0 Å². The maximum Gasteiger partial charge on any atom is 0.271 e. The Morgan fingerprint density at radius 3 is 2.67 bits per heavy atom. The first kappa shape index (κ1) is 21.3. The molecule has 152 valence electrons. The molecule has 1 N–H and O–H groups in total. The van der Waals surface area contributed by atoms with Gasteiger partial charge in [-0.05, 0) is 30.3 Å². The second-order valence-corrected chi connectivity index (χ2v) is 6.91. The highest BCUT2D eigenvalue weighted by atomic mass is 35.5. The Hall–Kier alpha value is -3.42. The van der Waals surface area contributed by atoms with Crippen molar-refractivity contribution in [2.24, 2.45) is 5.10 Å². The van der Waals surface area contributed by atoms with Crippen LogP contribution in [0.3, 0.4) is 0 Å². The first-order chi connectivity index (χ1) is 14.4. The molecule has 3 aromatic carbocycles. The van der Waals surface area contributed by atoms with Gasteiger partial charge in [-0.2, -0.15) is 5.10 Å². The second kappa shape index (κ2) is 9.87. The normalized spacial score (nSPS) is 10.7. The third-order valence-electron chi connectivity index (χ3n) is 4.01. The van der Waals surface area contributed by atoms with E-state index in [1.807, 2.05) is 0 Å². The number of nitrogens with zero attached hydrogens (tertiary/aromatic N) is 2. The van der Waals surface area contributed by atoms with E-state index in [-0.39, 0.29) is 17.9 Å². The van der Waals surface area contributed by atoms with Gasteiger partial charge in [0.05, 0.1) is 11.1 Å². The molecule has 7 nitrogen and oxygen atoms in total. The summed E-state index contributed by atoms with van der Waals surface area (Å²) in [5, 5.41) is 15.8. The lowest BCUT2D eigenvalue weighted by Gasteiger charge is -2.10. The van der Waals surface area contributed by atoms with Crippen LogP contribution in [0, 0.1) is 10.1 Å². The van der Waals surface area contributed by atoms with Gasteiger partial charge in [-0.25, -0.2) is 5.43 Å². The summed E-state index contributed by atoms with van der Waals surface area (Å²) >= 11 is 12.1. The molecule has 0 aliphatic rings. The molecule has 0 radical (unpaired) electrons. The van der Waals surface area contributed by atoms with E-state index >= 15 is 0 Å². The molecule has 0 aliphatic heterocycles. The number of carbonyl (C=O) groups is 1. The molecule has 0 spiro atoms. The van der Waals surface area contributed by atoms with Crippen molar-refractivity contribution in [2.45, 2.75) is 6.61 Å². The Bertz CT molecular complexity index is 1120. The van der Waals surface area contributed by atoms with Crippen LogP contribution >= 0.6 is 23.2 Å². The fraction of sp³-hybridized carbons (Fsp3) is 0.0476. The number of non-ortho nitro benzene ring substituents is 1. The van der Waals surface area contributed by atoms with Gasteiger partial charge in [0.2, 0.25) is 0 Å². The van der Waals surface area contributed by atoms with Gasteiger partial charge in [0, 0.05) is 38.9 Å². The second-order valence-electron chi connectivity index (χ2n) is 6.07. The number of hydrogen-bond donors (Lipinski definition) is 1. The average molecular weight is 444 g/mol. The molecule has 0 fully saturated rings. The summed E-state index contributed by atoms with van der Waals surface area (Å²) in [7, 11) is 0. The number of hydrazone groups is 1. The summed E-state index contributed by atoms with van der Waals surface area (Å²) in [4.78, 5) is 22.4. The molecular weight excluding hydrogens is 429 g/mol. The number of nitrogens with one attached hydrogen (secondary N) is 1. The number of halogens is 2. The third kappa shape index (κ3) is 5.56. The Morgan fingerprint density at radius 2 is 1.90 bits per heavy atom. The summed E-state index contributed by atoms with van der Waals surface area (Å²) in [5.74, 6) is -0.0295. The molecule has 0 heterocycles. The number of amides is 1. The van der Waals surface area contributed by atoms with Crippen LogP contribution in [-0.2, 0) is 6.61 Å². The van der Waals surface area contributed by atoms with Gasteiger partial charge in [-0.3, -0.25) is 14.9 Å². The molecule has 0 aromatic heterocycles. The first-order valence-corrected chi connectivity index (χ1v) is 9.43. The minimum Gasteiger partial charge on any atom is -0.488 e. The van der Waals surface area contributed by atoms with E-state index in [2.05, 4.69) is 10.5 Å². The van der Waals surface area contributed by atoms with Crippen molar-refractivity contribution in [1.82, 2.24) is 5.43 Å². The van der Waals surface area contributed by atoms with Crippen LogP contribution < -0.4 is 10.2 Å². The van der Waals surface area contributed by atoms with Crippen molar-refractivity contribution in [3.63, 3.8) is 0 Å². The van der Waals surface area contributed by atoms with Gasteiger partial charge in [-0.15, -0.1) is 0 Å². The SMILES string of the molecule is O=C(N/N=C/c1ccccc1OCc1ccc(Cl)cc1Cl)c1cccc([N+](=O)[O-])c1. The van der Waals surface area contributed by atoms with Crippen LogP contribution in [0.4, 0.5) is 5.69 Å². The molecule has 1 amide bonds. The van der Waals surface area contributed by atoms with Gasteiger partial charge in [-0.1, -0.05) is 47.5 Å². The highest BCUT2D eigenvalue weighted by Crippen LogP contribution is 2.24. The average Bonchev–Trinajstić information content (AvgIpc) is 2.74. The largest absolute Gasteiger partial charge is 0.488 e. The van der Waals surface area contributed by atoms with Crippen molar-refractivity contribution in [3.8, 4) is 5.75 Å². The van der Waals surface area contributed by atoms with E-state index in [0.717, 1.165) is 5.56 Å². The number of hydrogen-bond acceptors (Lipinski definition) is 5. The zero-order valence-electron chi connectivity index (χ0n) is 15.4. The molecule has 3 aromatic rings. The van der Waals surface area contributed by atoms with E-state index < -0.39 is 10.8 Å². The molecule has 3 rings (SSSR count). The fourth-order valence-corrected chi connectivity index (χ4v) is 2.96. The predicted octanol–water partition coefficient (Wildman–Crippen LogP) is 5.24. The van der Waals surface area contributed by atoms with Crippen molar-refractivity contribution < 1.29 is 14.5 Å². The zero-order valence-corrected chi connectivity index (χ0v) is 16.9. The monoisotopic (exact) mass is 443 g/mol. The molecule has 0 unspecified atom stereocenters. The molecule has 0 bridgehead atoms. The highest BCUT2D eigenvalue weighted by molar-refractivity contribution is 6.35. The van der Waals surface area contributed by atoms with E-state index in [1.54, 1.807) is 42.5 Å². The van der Waals surface area contributed by atoms with Crippen LogP contribution in [0.1, 0.15) is 21.5 Å². The number of benzene rings is 3. The Labute approximate surface area is 182 Å². The summed E-state index contributed by atoms with van der Waals surface area (Å²) in [5.41, 5.74) is 3.70. The lowest BCUT2D eigenvalue weighted by Crippen LogP contribution is -2.17. The van der Waals surface area contributed by atoms with Crippen molar-refractivity contribution in [3.05, 3.63) is 104 Å². The van der Waals surface area contributed by atoms with Gasteiger partial charge in [0.1, 0.15) is 12.4 Å². The van der Waals surface area contributed by atoms with Crippen molar-refractivity contribution >= 4 is 41.0 Å². The number of para-hydroxylation sites is 1. The number of nitro groups is 1. The standard InChI is InChI=1S/C21H15Cl2N3O4/c22-17-9-8-16(19(23)11-17)13-30-20-7-2-1-4-15(20)12-24-25-21(27)14-5-3-6-18(10-14)26(28)29/h1-12H,13H2,(H,25,27)/b24-12+. The smallest absolute Gasteiger partial charge is 0.271 e. The maximum absolute atomic E-state index is 12.2. The maximum atomic E-state index is 12.2. The van der Waals surface area contributed by atoms with E-state index in [0.29, 0.717) is 21.4 Å². The molecule has 9 heteroatoms. The van der Waals surface area contributed by atoms with Gasteiger partial charge < -0.3 is 4.74 Å². The van der Waals surface area contributed by atoms with E-state index in [9.17, 15) is 14.9 Å². The Kier molecular flexibility index (Phi) is 7.00. The van der Waals surface area contributed by atoms with E-state index in [1.165, 1.54) is 30.5 Å². The van der Waals surface area contributed by atoms with Crippen LogP contribution in [0.25, 0.3) is 0 Å². The zero-order chi connectivity index (χ0) is 21.5. The number of nitro benzene ring substituents is 1. The summed E-state index contributed by atoms with van der Waals surface area (Å²) < 4.78 is 5.82. The third-order valence-corrected chi connectivity index (χ3v) is 4.59. The molecule has 30 heavy (non-hydrogen) atoms. The van der Waals surface area contributed by atoms with Gasteiger partial charge in [0.25, 0.3) is 11.6 Å². The fourth-order valence-electron chi connectivity index (χ4n) is 2.50.